The van der Waals surface area contributed by atoms with Crippen LogP contribution in [0.1, 0.15) is 428 Å². The summed E-state index contributed by atoms with van der Waals surface area (Å²) in [5, 5.41) is 21.4. The summed E-state index contributed by atoms with van der Waals surface area (Å²) < 4.78 is 5.59. The summed E-state index contributed by atoms with van der Waals surface area (Å²) in [6.07, 6.45) is 44.3. The summed E-state index contributed by atoms with van der Waals surface area (Å²) in [4.78, 5) is 37.3. The van der Waals surface area contributed by atoms with Crippen molar-refractivity contribution in [2.24, 2.45) is 46.3 Å². The second kappa shape index (κ2) is 54.8. The molecule has 0 aromatic rings. The number of fused-ring (bicyclic) bond motifs is 15. The topological polar surface area (TPSA) is 127 Å². The third kappa shape index (κ3) is 38.4. The fraction of sp³-hybridized carbons (Fsp3) is 1.00. The van der Waals surface area contributed by atoms with Gasteiger partial charge in [0.2, 0.25) is 0 Å². The van der Waals surface area contributed by atoms with Crippen molar-refractivity contribution in [2.45, 2.75) is 543 Å². The zero-order valence-electron chi connectivity index (χ0n) is 104. The number of piperazine rings is 2. The van der Waals surface area contributed by atoms with E-state index in [-0.39, 0.29) is 0 Å². The van der Waals surface area contributed by atoms with Gasteiger partial charge in [0.15, 0.2) is 0 Å². The lowest BCUT2D eigenvalue weighted by Gasteiger charge is -2.53. The zero-order valence-corrected chi connectivity index (χ0v) is 104. The van der Waals surface area contributed by atoms with Gasteiger partial charge in [-0.25, -0.2) is 0 Å². The molecule has 21 heteroatoms. The minimum absolute atomic E-state index is 0.291. The summed E-state index contributed by atoms with van der Waals surface area (Å²) in [5.41, 5.74) is 5.34. The number of likely N-dealkylation sites (tertiary alicyclic amines) is 6. The molecule has 0 amide bonds. The second-order valence-corrected chi connectivity index (χ2v) is 63.2. The van der Waals surface area contributed by atoms with Crippen molar-refractivity contribution in [3.8, 4) is 0 Å². The molecule has 0 radical (unpaired) electrons. The summed E-state index contributed by atoms with van der Waals surface area (Å²) in [7, 11) is 0. The third-order valence-electron chi connectivity index (χ3n) is 40.7. The van der Waals surface area contributed by atoms with Gasteiger partial charge in [0.1, 0.15) is 0 Å². The first-order valence-corrected chi connectivity index (χ1v) is 63.6. The minimum Gasteiger partial charge on any atom is -0.378 e. The van der Waals surface area contributed by atoms with Crippen molar-refractivity contribution >= 4 is 0 Å². The average Bonchev–Trinajstić information content (AvgIpc) is 1.73. The Morgan fingerprint density at radius 3 is 1.31 bits per heavy atom. The van der Waals surface area contributed by atoms with Crippen LogP contribution in [0.25, 0.3) is 0 Å². The molecular formula is C127H252N20O. The van der Waals surface area contributed by atoms with Gasteiger partial charge in [-0.15, -0.1) is 0 Å². The number of morpholine rings is 1. The van der Waals surface area contributed by atoms with E-state index in [1.165, 1.54) is 409 Å². The maximum Gasteiger partial charge on any atom is 0.0633 e. The molecule has 21 saturated heterocycles. The molecule has 14 atom stereocenters. The van der Waals surface area contributed by atoms with Gasteiger partial charge in [-0.1, -0.05) is 38.5 Å². The lowest BCUT2D eigenvalue weighted by molar-refractivity contribution is -0.0198. The van der Waals surface area contributed by atoms with Crippen molar-refractivity contribution < 1.29 is 4.74 Å². The van der Waals surface area contributed by atoms with Gasteiger partial charge in [0.25, 0.3) is 0 Å². The van der Waals surface area contributed by atoms with Gasteiger partial charge >= 0.3 is 0 Å². The summed E-state index contributed by atoms with van der Waals surface area (Å²) in [5.74, 6) is 5.87. The number of nitrogens with one attached hydrogen (secondary N) is 6. The van der Waals surface area contributed by atoms with E-state index in [4.69, 9.17) is 4.74 Å². The summed E-state index contributed by atoms with van der Waals surface area (Å²) in [6.45, 7) is 121. The third-order valence-corrected chi connectivity index (χ3v) is 40.7. The number of piperidine rings is 7. The van der Waals surface area contributed by atoms with Crippen molar-refractivity contribution in [2.75, 3.05) is 229 Å². The molecule has 2 saturated carbocycles. The highest BCUT2D eigenvalue weighted by Gasteiger charge is 2.48. The van der Waals surface area contributed by atoms with Crippen LogP contribution in [0.2, 0.25) is 0 Å². The Labute approximate surface area is 918 Å². The van der Waals surface area contributed by atoms with Crippen LogP contribution in [-0.4, -0.2) is 413 Å². The zero-order chi connectivity index (χ0) is 108. The quantitative estimate of drug-likeness (QED) is 0.138. The first-order valence-electron chi connectivity index (χ1n) is 63.6. The number of nitrogens with zero attached hydrogens (tertiary/aromatic N) is 14. The van der Waals surface area contributed by atoms with Crippen LogP contribution < -0.4 is 31.9 Å². The van der Waals surface area contributed by atoms with E-state index in [0.29, 0.717) is 83.8 Å². The molecule has 8 bridgehead atoms. The maximum absolute atomic E-state index is 5.59. The number of hydrogen-bond acceptors (Lipinski definition) is 21. The van der Waals surface area contributed by atoms with Gasteiger partial charge in [-0.3, -0.25) is 63.7 Å². The normalized spacial score (nSPS) is 33.8. The predicted molar refractivity (Wildman–Crippen MR) is 636 cm³/mol. The standard InChI is InChI=1S/C14H27N.4C12H24N2.C11H22N2O.3C11H22N2.C11H21N.C10H20N2/c1-13(2,3)15-11-7-10-14(12-15)8-5-4-6-9-14;1-11(2,3)14-9-6-12(10-14)4-7-13-8-5-12;1-12(2,3)14-9-5-7-11-6-4-8-13(11)10-14;1-12(2,3)14-8-4-5-10-6-7-13-11(10)9-14;1-12(2,3)14-9-8-13-7-5-4-6-11(13)10-14;1-11(2,3)13-5-4-9-7-14-8-10(6-13)12-9;1-11(2,3)13-9-8-12-6-4-10(13)5-7-12;1-11(2,3)13-5-4-9-6-12-7-10(9)8-13;1-11(2,3)13-9-5-4-6-10(13)8-12-7-9;1-11(2,3)12-7-9-5-4-6-10(9)8-12;1-10(2,3)12-6-8-4-9(7-12)11-5-8/h4-12H2,1-3H3;13H,4-10H2,1-3H3;11H,4-10H2,1-3H3;10-11,13H,4-9H2,1-3H3;11H,4-10H2,1-3H3;9-10,12H,4-8H2,1-3H3;10H,4-9H2,1-3H3;2*9-10,12H,4-8H2,1-3H3;9-10H,4-8H2,1-3H3;8-9,11H,4-7H2,1-3H3. The molecule has 23 rings (SSSR count). The van der Waals surface area contributed by atoms with E-state index in [1.807, 2.05) is 0 Å². The molecule has 2 spiro atoms. The first kappa shape index (κ1) is 126. The average molecular weight is 2080 g/mol. The molecule has 866 valence electrons. The van der Waals surface area contributed by atoms with Crippen LogP contribution in [0.3, 0.4) is 0 Å². The smallest absolute Gasteiger partial charge is 0.0633 e. The van der Waals surface area contributed by atoms with E-state index >= 15 is 0 Å². The Morgan fingerprint density at radius 2 is 0.723 bits per heavy atom. The molecule has 14 unspecified atom stereocenters. The first-order chi connectivity index (χ1) is 69.2. The number of ether oxygens (including phenoxy) is 1. The molecule has 2 aliphatic carbocycles. The molecule has 148 heavy (non-hydrogen) atoms. The van der Waals surface area contributed by atoms with Crippen LogP contribution >= 0.6 is 0 Å². The molecule has 0 aromatic carbocycles. The van der Waals surface area contributed by atoms with E-state index < -0.39 is 0 Å². The van der Waals surface area contributed by atoms with Crippen LogP contribution in [0, 0.1) is 46.3 Å². The predicted octanol–water partition coefficient (Wildman–Crippen LogP) is 20.8. The van der Waals surface area contributed by atoms with E-state index in [2.05, 4.69) is 329 Å². The highest BCUT2D eigenvalue weighted by atomic mass is 16.5. The largest absolute Gasteiger partial charge is 0.378 e. The van der Waals surface area contributed by atoms with Crippen molar-refractivity contribution in [1.29, 1.82) is 0 Å². The molecule has 21 aliphatic heterocycles. The molecule has 23 aliphatic rings. The second-order valence-electron chi connectivity index (χ2n) is 63.2. The van der Waals surface area contributed by atoms with E-state index in [1.54, 1.807) is 0 Å². The Morgan fingerprint density at radius 1 is 0.243 bits per heavy atom. The van der Waals surface area contributed by atoms with Gasteiger partial charge in [-0.05, 0) is 534 Å². The summed E-state index contributed by atoms with van der Waals surface area (Å²) in [6, 6.07) is 6.90. The fourth-order valence-corrected chi connectivity index (χ4v) is 30.7. The van der Waals surface area contributed by atoms with Crippen molar-refractivity contribution in [3.63, 3.8) is 0 Å². The monoisotopic (exact) mass is 2070 g/mol. The highest BCUT2D eigenvalue weighted by molar-refractivity contribution is 5.04. The molecule has 0 aromatic heterocycles. The van der Waals surface area contributed by atoms with Crippen LogP contribution in [0.15, 0.2) is 0 Å². The lowest BCUT2D eigenvalue weighted by atomic mass is 9.68. The molecule has 21 heterocycles. The van der Waals surface area contributed by atoms with Crippen LogP contribution in [-0.2, 0) is 4.74 Å². The molecular weight excluding hydrogens is 1820 g/mol. The fourth-order valence-electron chi connectivity index (χ4n) is 30.7. The van der Waals surface area contributed by atoms with Gasteiger partial charge in [0.05, 0.1) is 19.9 Å². The number of hydrogen-bond donors (Lipinski definition) is 6. The van der Waals surface area contributed by atoms with Crippen LogP contribution in [0.5, 0.6) is 0 Å². The Balaban J connectivity index is 0.000000145. The Kier molecular flexibility index (Phi) is 46.5. The van der Waals surface area contributed by atoms with Crippen LogP contribution in [0.4, 0.5) is 0 Å². The maximum atomic E-state index is 5.59. The highest BCUT2D eigenvalue weighted by Crippen LogP contribution is 2.47. The lowest BCUT2D eigenvalue weighted by Crippen LogP contribution is -2.65. The van der Waals surface area contributed by atoms with Gasteiger partial charge < -0.3 is 41.5 Å². The molecule has 23 fully saturated rings. The number of rotatable bonds is 0. The minimum atomic E-state index is 0.291. The molecule has 21 nitrogen and oxygen atoms in total. The Bertz CT molecular complexity index is 3600. The SMILES string of the molecule is CC(C)(C)N1C2CCCC1CNC2.CC(C)(C)N1CC2CCCC2C1.CC(C)(C)N1CC2CNC(C2)C1.CC(C)(C)N1CCC2(CCNCC2)C1.CC(C)(C)N1CCC2CNCC2C1.CC(C)(C)N1CCC2COCC(C1)N2.CC(C)(C)N1CCCC2(CCCCC2)C1.CC(C)(C)N1CCCC2CCCN2C1.CC(C)(C)N1CCCC2CCNC2C1.CC(C)(C)N1CCN2CCC1CC2.CC(C)(C)N1CCN2CCCCC2C1. The van der Waals surface area contributed by atoms with Gasteiger partial charge in [0, 0.05) is 227 Å². The van der Waals surface area contributed by atoms with Crippen molar-refractivity contribution in [1.82, 2.24) is 100 Å². The molecule has 6 N–H and O–H groups in total. The van der Waals surface area contributed by atoms with E-state index in [0.717, 1.165) is 97.6 Å². The van der Waals surface area contributed by atoms with Crippen molar-refractivity contribution in [3.05, 3.63) is 0 Å². The van der Waals surface area contributed by atoms with E-state index in [9.17, 15) is 0 Å². The Hall–Kier alpha value is -0.840. The summed E-state index contributed by atoms with van der Waals surface area (Å²) >= 11 is 0. The van der Waals surface area contributed by atoms with Gasteiger partial charge in [-0.2, -0.15) is 0 Å².